The monoisotopic (exact) mass is 268 g/mol. The van der Waals surface area contributed by atoms with Gasteiger partial charge >= 0.3 is 5.97 Å². The van der Waals surface area contributed by atoms with E-state index < -0.39 is 22.0 Å². The van der Waals surface area contributed by atoms with E-state index in [4.69, 9.17) is 10.4 Å². The average Bonchev–Trinajstić information content (AvgIpc) is 2.35. The number of nitrogens with one attached hydrogen (secondary N) is 1. The molecular weight excluding hydrogens is 256 g/mol. The zero-order valence-corrected chi connectivity index (χ0v) is 10.4. The number of nitriles is 1. The molecule has 1 aromatic carbocycles. The van der Waals surface area contributed by atoms with E-state index in [1.165, 1.54) is 24.3 Å². The zero-order valence-electron chi connectivity index (χ0n) is 9.62. The predicted molar refractivity (Wildman–Crippen MR) is 63.2 cm³/mol. The van der Waals surface area contributed by atoms with Gasteiger partial charge in [0.15, 0.2) is 0 Å². The minimum Gasteiger partial charge on any atom is -0.480 e. The van der Waals surface area contributed by atoms with Crippen molar-refractivity contribution in [1.29, 1.82) is 5.26 Å². The van der Waals surface area contributed by atoms with E-state index in [2.05, 4.69) is 4.72 Å². The highest BCUT2D eigenvalue weighted by Crippen LogP contribution is 2.15. The van der Waals surface area contributed by atoms with Gasteiger partial charge in [0.25, 0.3) is 0 Å². The number of carboxylic acid groups (broad SMARTS) is 1. The Hall–Kier alpha value is -1.91. The highest BCUT2D eigenvalue weighted by molar-refractivity contribution is 7.89. The normalized spacial score (nSPS) is 12.7. The Balaban J connectivity index is 3.15. The van der Waals surface area contributed by atoms with Crippen LogP contribution in [0.2, 0.25) is 0 Å². The first-order chi connectivity index (χ1) is 8.42. The Bertz CT molecular complexity index is 589. The molecule has 1 rings (SSSR count). The number of rotatable bonds is 5. The topological polar surface area (TPSA) is 107 Å². The number of hydrogen-bond acceptors (Lipinski definition) is 4. The van der Waals surface area contributed by atoms with Crippen molar-refractivity contribution in [3.8, 4) is 6.07 Å². The molecule has 1 aromatic rings. The molecule has 96 valence electrons. The van der Waals surface area contributed by atoms with Crippen LogP contribution in [0.3, 0.4) is 0 Å². The second-order valence-electron chi connectivity index (χ2n) is 3.53. The summed E-state index contributed by atoms with van der Waals surface area (Å²) in [6, 6.07) is 6.17. The van der Waals surface area contributed by atoms with Crippen LogP contribution in [-0.4, -0.2) is 25.5 Å². The summed E-state index contributed by atoms with van der Waals surface area (Å²) in [5.41, 5.74) is -0.0229. The van der Waals surface area contributed by atoms with Crippen molar-refractivity contribution >= 4 is 16.0 Å². The van der Waals surface area contributed by atoms with Crippen LogP contribution in [-0.2, 0) is 14.8 Å². The van der Waals surface area contributed by atoms with E-state index in [-0.39, 0.29) is 16.9 Å². The van der Waals surface area contributed by atoms with Gasteiger partial charge in [-0.25, -0.2) is 8.42 Å². The molecule has 0 saturated carbocycles. The lowest BCUT2D eigenvalue weighted by Gasteiger charge is -2.13. The molecule has 0 fully saturated rings. The summed E-state index contributed by atoms with van der Waals surface area (Å²) in [4.78, 5) is 10.6. The lowest BCUT2D eigenvalue weighted by Crippen LogP contribution is -2.40. The van der Waals surface area contributed by atoms with Gasteiger partial charge in [-0.15, -0.1) is 0 Å². The van der Waals surface area contributed by atoms with Crippen LogP contribution in [0.4, 0.5) is 0 Å². The van der Waals surface area contributed by atoms with Crippen LogP contribution in [0.1, 0.15) is 18.9 Å². The fourth-order valence-corrected chi connectivity index (χ4v) is 2.78. The second kappa shape index (κ2) is 5.62. The number of carboxylic acids is 1. The van der Waals surface area contributed by atoms with E-state index in [0.29, 0.717) is 0 Å². The van der Waals surface area contributed by atoms with Gasteiger partial charge in [-0.1, -0.05) is 19.1 Å². The Labute approximate surface area is 105 Å². The molecule has 0 aliphatic heterocycles. The molecule has 0 aromatic heterocycles. The van der Waals surface area contributed by atoms with Gasteiger partial charge in [-0.2, -0.15) is 9.98 Å². The summed E-state index contributed by atoms with van der Waals surface area (Å²) in [7, 11) is -4.01. The van der Waals surface area contributed by atoms with E-state index >= 15 is 0 Å². The van der Waals surface area contributed by atoms with Gasteiger partial charge in [0.2, 0.25) is 10.0 Å². The van der Waals surface area contributed by atoms with Crippen molar-refractivity contribution in [2.75, 3.05) is 0 Å². The molecule has 0 heterocycles. The molecule has 18 heavy (non-hydrogen) atoms. The number of benzene rings is 1. The molecule has 2 N–H and O–H groups in total. The molecule has 0 spiro atoms. The van der Waals surface area contributed by atoms with Gasteiger partial charge in [0.1, 0.15) is 12.1 Å². The Morgan fingerprint density at radius 3 is 2.61 bits per heavy atom. The fourth-order valence-electron chi connectivity index (χ4n) is 1.35. The second-order valence-corrected chi connectivity index (χ2v) is 5.21. The number of carbonyl (C=O) groups is 1. The van der Waals surface area contributed by atoms with Crippen molar-refractivity contribution in [1.82, 2.24) is 4.72 Å². The molecule has 7 heteroatoms. The smallest absolute Gasteiger partial charge is 0.321 e. The molecule has 0 unspecified atom stereocenters. The fraction of sp³-hybridized carbons (Fsp3) is 0.273. The van der Waals surface area contributed by atoms with Gasteiger partial charge in [-0.05, 0) is 18.6 Å². The van der Waals surface area contributed by atoms with E-state index in [1.807, 2.05) is 0 Å². The van der Waals surface area contributed by atoms with Crippen molar-refractivity contribution in [3.05, 3.63) is 29.8 Å². The lowest BCUT2D eigenvalue weighted by atomic mass is 10.2. The third-order valence-corrected chi connectivity index (χ3v) is 3.83. The number of nitrogens with zero attached hydrogens (tertiary/aromatic N) is 1. The minimum absolute atomic E-state index is 0.0229. The Morgan fingerprint density at radius 2 is 2.11 bits per heavy atom. The largest absolute Gasteiger partial charge is 0.480 e. The first-order valence-corrected chi connectivity index (χ1v) is 6.65. The summed E-state index contributed by atoms with van der Waals surface area (Å²) < 4.78 is 26.0. The summed E-state index contributed by atoms with van der Waals surface area (Å²) in [5, 5.41) is 17.6. The van der Waals surface area contributed by atoms with E-state index in [0.717, 1.165) is 0 Å². The SMILES string of the molecule is CC[C@H](NS(=O)(=O)c1ccccc1C#N)C(=O)O. The van der Waals surface area contributed by atoms with Crippen molar-refractivity contribution in [2.24, 2.45) is 0 Å². The third-order valence-electron chi connectivity index (χ3n) is 2.30. The zero-order chi connectivity index (χ0) is 13.8. The average molecular weight is 268 g/mol. The van der Waals surface area contributed by atoms with Crippen molar-refractivity contribution in [2.45, 2.75) is 24.3 Å². The van der Waals surface area contributed by atoms with E-state index in [1.54, 1.807) is 13.0 Å². The maximum atomic E-state index is 12.0. The Morgan fingerprint density at radius 1 is 1.50 bits per heavy atom. The van der Waals surface area contributed by atoms with Crippen LogP contribution < -0.4 is 4.72 Å². The quantitative estimate of drug-likeness (QED) is 0.817. The Kier molecular flexibility index (Phi) is 4.42. The maximum Gasteiger partial charge on any atom is 0.321 e. The summed E-state index contributed by atoms with van der Waals surface area (Å²) in [6.07, 6.45) is 0.114. The van der Waals surface area contributed by atoms with Crippen LogP contribution >= 0.6 is 0 Å². The van der Waals surface area contributed by atoms with Crippen LogP contribution in [0.15, 0.2) is 29.2 Å². The van der Waals surface area contributed by atoms with Crippen molar-refractivity contribution in [3.63, 3.8) is 0 Å². The predicted octanol–water partition coefficient (Wildman–Crippen LogP) is 0.700. The first kappa shape index (κ1) is 14.2. The van der Waals surface area contributed by atoms with Crippen LogP contribution in [0.5, 0.6) is 0 Å². The van der Waals surface area contributed by atoms with Crippen LogP contribution in [0.25, 0.3) is 0 Å². The third kappa shape index (κ3) is 3.06. The first-order valence-electron chi connectivity index (χ1n) is 5.16. The van der Waals surface area contributed by atoms with Gasteiger partial charge in [0, 0.05) is 0 Å². The highest BCUT2D eigenvalue weighted by Gasteiger charge is 2.25. The number of hydrogen-bond donors (Lipinski definition) is 2. The van der Waals surface area contributed by atoms with Crippen molar-refractivity contribution < 1.29 is 18.3 Å². The molecule has 0 amide bonds. The molecular formula is C11H12N2O4S. The van der Waals surface area contributed by atoms with Gasteiger partial charge < -0.3 is 5.11 Å². The highest BCUT2D eigenvalue weighted by atomic mass is 32.2. The minimum atomic E-state index is -4.01. The molecule has 0 aliphatic rings. The number of sulfonamides is 1. The molecule has 0 bridgehead atoms. The number of aliphatic carboxylic acids is 1. The van der Waals surface area contributed by atoms with Gasteiger partial charge in [-0.3, -0.25) is 4.79 Å². The maximum absolute atomic E-state index is 12.0. The standard InChI is InChI=1S/C11H12N2O4S/c1-2-9(11(14)15)13-18(16,17)10-6-4-3-5-8(10)7-12/h3-6,9,13H,2H2,1H3,(H,14,15)/t9-/m0/s1. The summed E-state index contributed by atoms with van der Waals surface area (Å²) in [5.74, 6) is -1.25. The summed E-state index contributed by atoms with van der Waals surface area (Å²) >= 11 is 0. The molecule has 0 radical (unpaired) electrons. The molecule has 6 nitrogen and oxygen atoms in total. The van der Waals surface area contributed by atoms with E-state index in [9.17, 15) is 13.2 Å². The van der Waals surface area contributed by atoms with Crippen LogP contribution in [0, 0.1) is 11.3 Å². The molecule has 0 saturated heterocycles. The summed E-state index contributed by atoms with van der Waals surface area (Å²) in [6.45, 7) is 1.55. The van der Waals surface area contributed by atoms with Gasteiger partial charge in [0.05, 0.1) is 10.5 Å². The lowest BCUT2D eigenvalue weighted by molar-refractivity contribution is -0.139. The molecule has 0 aliphatic carbocycles. The molecule has 1 atom stereocenters.